The second-order valence-corrected chi connectivity index (χ2v) is 7.48. The van der Waals surface area contributed by atoms with Gasteiger partial charge in [0, 0.05) is 16.0 Å². The van der Waals surface area contributed by atoms with Gasteiger partial charge in [-0.3, -0.25) is 0 Å². The molecule has 2 nitrogen and oxygen atoms in total. The van der Waals surface area contributed by atoms with Gasteiger partial charge in [0.15, 0.2) is 0 Å². The number of aryl methyl sites for hydroxylation is 1. The molecule has 2 N–H and O–H groups in total. The van der Waals surface area contributed by atoms with E-state index >= 15 is 0 Å². The van der Waals surface area contributed by atoms with Gasteiger partial charge in [-0.05, 0) is 37.5 Å². The molecular formula is C16H19BrN2S. The predicted molar refractivity (Wildman–Crippen MR) is 90.2 cm³/mol. The van der Waals surface area contributed by atoms with Gasteiger partial charge in [-0.25, -0.2) is 4.98 Å². The van der Waals surface area contributed by atoms with Gasteiger partial charge < -0.3 is 5.73 Å². The topological polar surface area (TPSA) is 38.9 Å². The molecule has 0 saturated heterocycles. The van der Waals surface area contributed by atoms with Crippen molar-refractivity contribution in [2.45, 2.75) is 44.9 Å². The summed E-state index contributed by atoms with van der Waals surface area (Å²) in [6.07, 6.45) is 6.57. The van der Waals surface area contributed by atoms with E-state index in [9.17, 15) is 0 Å². The van der Waals surface area contributed by atoms with Gasteiger partial charge in [0.2, 0.25) is 0 Å². The van der Waals surface area contributed by atoms with Crippen molar-refractivity contribution in [3.05, 3.63) is 33.2 Å². The Morgan fingerprint density at radius 1 is 1.25 bits per heavy atom. The number of nitrogen functional groups attached to an aromatic ring is 1. The Morgan fingerprint density at radius 3 is 2.70 bits per heavy atom. The molecule has 0 amide bonds. The number of hydrogen-bond donors (Lipinski definition) is 1. The summed E-state index contributed by atoms with van der Waals surface area (Å²) in [5.41, 5.74) is 9.52. The van der Waals surface area contributed by atoms with Crippen molar-refractivity contribution >= 4 is 32.3 Å². The number of anilines is 1. The Hall–Kier alpha value is -0.870. The fraction of sp³-hybridized carbons (Fsp3) is 0.438. The van der Waals surface area contributed by atoms with E-state index in [-0.39, 0.29) is 0 Å². The molecule has 106 valence electrons. The van der Waals surface area contributed by atoms with Crippen molar-refractivity contribution < 1.29 is 0 Å². The van der Waals surface area contributed by atoms with Crippen molar-refractivity contribution in [3.8, 4) is 11.3 Å². The Labute approximate surface area is 132 Å². The monoisotopic (exact) mass is 350 g/mol. The first-order valence-electron chi connectivity index (χ1n) is 7.18. The van der Waals surface area contributed by atoms with Crippen LogP contribution in [0.25, 0.3) is 11.3 Å². The van der Waals surface area contributed by atoms with E-state index in [1.54, 1.807) is 11.3 Å². The Balaban J connectivity index is 1.93. The molecule has 1 saturated carbocycles. The third-order valence-corrected chi connectivity index (χ3v) is 5.99. The van der Waals surface area contributed by atoms with Crippen molar-refractivity contribution in [2.75, 3.05) is 5.73 Å². The Bertz CT molecular complexity index is 615. The maximum absolute atomic E-state index is 6.21. The van der Waals surface area contributed by atoms with Crippen LogP contribution in [0.4, 0.5) is 5.00 Å². The van der Waals surface area contributed by atoms with Crippen LogP contribution < -0.4 is 5.73 Å². The molecule has 0 spiro atoms. The smallest absolute Gasteiger partial charge is 0.114 e. The van der Waals surface area contributed by atoms with Crippen LogP contribution in [-0.4, -0.2) is 4.98 Å². The first kappa shape index (κ1) is 14.1. The highest BCUT2D eigenvalue weighted by Crippen LogP contribution is 2.40. The first-order valence-corrected chi connectivity index (χ1v) is 8.79. The highest BCUT2D eigenvalue weighted by molar-refractivity contribution is 9.10. The molecule has 1 aliphatic rings. The molecule has 0 radical (unpaired) electrons. The minimum atomic E-state index is 0.626. The molecular weight excluding hydrogens is 332 g/mol. The van der Waals surface area contributed by atoms with Gasteiger partial charge in [0.05, 0.1) is 5.01 Å². The van der Waals surface area contributed by atoms with E-state index in [2.05, 4.69) is 41.1 Å². The number of halogens is 1. The van der Waals surface area contributed by atoms with Gasteiger partial charge in [0.1, 0.15) is 10.7 Å². The molecule has 1 heterocycles. The third kappa shape index (κ3) is 2.77. The summed E-state index contributed by atoms with van der Waals surface area (Å²) in [5.74, 6) is 0.626. The highest BCUT2D eigenvalue weighted by Gasteiger charge is 2.21. The summed E-state index contributed by atoms with van der Waals surface area (Å²) >= 11 is 5.22. The van der Waals surface area contributed by atoms with Crippen LogP contribution in [0.5, 0.6) is 0 Å². The minimum Gasteiger partial charge on any atom is -0.389 e. The summed E-state index contributed by atoms with van der Waals surface area (Å²) in [5, 5.41) is 2.09. The Kier molecular flexibility index (Phi) is 4.13. The second kappa shape index (κ2) is 5.86. The Morgan fingerprint density at radius 2 is 2.00 bits per heavy atom. The molecule has 0 unspecified atom stereocenters. The molecule has 1 aromatic heterocycles. The fourth-order valence-corrected chi connectivity index (χ4v) is 4.14. The summed E-state index contributed by atoms with van der Waals surface area (Å²) in [6, 6.07) is 6.32. The number of thiazole rings is 1. The molecule has 0 bridgehead atoms. The number of aromatic nitrogens is 1. The van der Waals surface area contributed by atoms with E-state index in [4.69, 9.17) is 10.7 Å². The number of hydrogen-bond acceptors (Lipinski definition) is 3. The number of nitrogens with zero attached hydrogens (tertiary/aromatic N) is 1. The standard InChI is InChI=1S/C16H19BrN2S/c1-10-9-12(7-8-13(10)17)14-15(18)20-16(19-14)11-5-3-2-4-6-11/h7-9,11H,2-6,18H2,1H3. The van der Waals surface area contributed by atoms with Crippen LogP contribution in [0.1, 0.15) is 48.6 Å². The zero-order valence-electron chi connectivity index (χ0n) is 11.7. The second-order valence-electron chi connectivity index (χ2n) is 5.56. The van der Waals surface area contributed by atoms with Gasteiger partial charge in [-0.1, -0.05) is 41.3 Å². The molecule has 4 heteroatoms. The van der Waals surface area contributed by atoms with E-state index in [0.717, 1.165) is 20.7 Å². The quantitative estimate of drug-likeness (QED) is 0.775. The lowest BCUT2D eigenvalue weighted by molar-refractivity contribution is 0.442. The van der Waals surface area contributed by atoms with Gasteiger partial charge >= 0.3 is 0 Å². The number of nitrogens with two attached hydrogens (primary N) is 1. The van der Waals surface area contributed by atoms with E-state index in [1.807, 2.05) is 0 Å². The van der Waals surface area contributed by atoms with Gasteiger partial charge in [-0.2, -0.15) is 0 Å². The van der Waals surface area contributed by atoms with Crippen LogP contribution in [0, 0.1) is 6.92 Å². The molecule has 1 aliphatic carbocycles. The minimum absolute atomic E-state index is 0.626. The van der Waals surface area contributed by atoms with Crippen LogP contribution in [0.2, 0.25) is 0 Å². The maximum atomic E-state index is 6.21. The van der Waals surface area contributed by atoms with Crippen molar-refractivity contribution in [3.63, 3.8) is 0 Å². The lowest BCUT2D eigenvalue weighted by atomic mass is 9.90. The molecule has 3 rings (SSSR count). The van der Waals surface area contributed by atoms with Gasteiger partial charge in [-0.15, -0.1) is 11.3 Å². The van der Waals surface area contributed by atoms with E-state index in [0.29, 0.717) is 5.92 Å². The summed E-state index contributed by atoms with van der Waals surface area (Å²) in [4.78, 5) is 4.85. The summed E-state index contributed by atoms with van der Waals surface area (Å²) in [6.45, 7) is 2.10. The normalized spacial score (nSPS) is 16.5. The van der Waals surface area contributed by atoms with Crippen LogP contribution in [-0.2, 0) is 0 Å². The molecule has 0 aliphatic heterocycles. The van der Waals surface area contributed by atoms with E-state index < -0.39 is 0 Å². The third-order valence-electron chi connectivity index (χ3n) is 4.06. The van der Waals surface area contributed by atoms with Crippen LogP contribution >= 0.6 is 27.3 Å². The molecule has 20 heavy (non-hydrogen) atoms. The largest absolute Gasteiger partial charge is 0.389 e. The zero-order valence-corrected chi connectivity index (χ0v) is 14.1. The molecule has 1 fully saturated rings. The molecule has 1 aromatic carbocycles. The van der Waals surface area contributed by atoms with Crippen molar-refractivity contribution in [1.29, 1.82) is 0 Å². The average Bonchev–Trinajstić information content (AvgIpc) is 2.85. The fourth-order valence-electron chi connectivity index (χ4n) is 2.87. The molecule has 2 aromatic rings. The van der Waals surface area contributed by atoms with Crippen LogP contribution in [0.3, 0.4) is 0 Å². The van der Waals surface area contributed by atoms with Crippen LogP contribution in [0.15, 0.2) is 22.7 Å². The summed E-state index contributed by atoms with van der Waals surface area (Å²) in [7, 11) is 0. The summed E-state index contributed by atoms with van der Waals surface area (Å²) < 4.78 is 1.13. The molecule has 0 atom stereocenters. The maximum Gasteiger partial charge on any atom is 0.114 e. The number of rotatable bonds is 2. The lowest BCUT2D eigenvalue weighted by Gasteiger charge is -2.18. The van der Waals surface area contributed by atoms with Crippen molar-refractivity contribution in [1.82, 2.24) is 4.98 Å². The van der Waals surface area contributed by atoms with Gasteiger partial charge in [0.25, 0.3) is 0 Å². The first-order chi connectivity index (χ1) is 9.65. The van der Waals surface area contributed by atoms with E-state index in [1.165, 1.54) is 42.7 Å². The SMILES string of the molecule is Cc1cc(-c2nc(C3CCCCC3)sc2N)ccc1Br. The number of benzene rings is 1. The predicted octanol–water partition coefficient (Wildman–Crippen LogP) is 5.51. The van der Waals surface area contributed by atoms with Crippen molar-refractivity contribution in [2.24, 2.45) is 0 Å². The lowest BCUT2D eigenvalue weighted by Crippen LogP contribution is -2.03. The highest BCUT2D eigenvalue weighted by atomic mass is 79.9. The average molecular weight is 351 g/mol. The zero-order chi connectivity index (χ0) is 14.1.